The van der Waals surface area contributed by atoms with Gasteiger partial charge in [0.1, 0.15) is 0 Å². The molecule has 1 aromatic rings. The maximum absolute atomic E-state index is 11.4. The molecule has 3 heteroatoms. The van der Waals surface area contributed by atoms with Gasteiger partial charge in [-0.25, -0.2) is 0 Å². The van der Waals surface area contributed by atoms with E-state index in [0.717, 1.165) is 5.56 Å². The zero-order valence-corrected chi connectivity index (χ0v) is 9.09. The van der Waals surface area contributed by atoms with E-state index in [1.165, 1.54) is 17.1 Å². The number of benzene rings is 1. The third-order valence-corrected chi connectivity index (χ3v) is 2.73. The number of rotatable bonds is 3. The van der Waals surface area contributed by atoms with E-state index < -0.39 is 0 Å². The van der Waals surface area contributed by atoms with Crippen molar-refractivity contribution in [1.82, 2.24) is 4.90 Å². The summed E-state index contributed by atoms with van der Waals surface area (Å²) < 4.78 is 0. The first-order chi connectivity index (χ1) is 7.68. The molecule has 3 nitrogen and oxygen atoms in total. The van der Waals surface area contributed by atoms with Gasteiger partial charge in [-0.1, -0.05) is 37.3 Å². The quantitative estimate of drug-likeness (QED) is 0.720. The molecule has 0 spiro atoms. The van der Waals surface area contributed by atoms with Crippen molar-refractivity contribution < 1.29 is 9.59 Å². The van der Waals surface area contributed by atoms with Gasteiger partial charge in [-0.15, -0.1) is 0 Å². The molecule has 1 heterocycles. The average Bonchev–Trinajstić information content (AvgIpc) is 2.62. The Labute approximate surface area is 94.4 Å². The fourth-order valence-corrected chi connectivity index (χ4v) is 1.77. The van der Waals surface area contributed by atoms with Crippen LogP contribution in [0.25, 0.3) is 0 Å². The zero-order valence-electron chi connectivity index (χ0n) is 9.09. The SMILES string of the molecule is C[C@H](CN1C(=O)C=CC1=O)c1ccccc1. The van der Waals surface area contributed by atoms with Gasteiger partial charge < -0.3 is 0 Å². The van der Waals surface area contributed by atoms with Crippen LogP contribution in [-0.4, -0.2) is 23.3 Å². The molecule has 1 aliphatic rings. The maximum Gasteiger partial charge on any atom is 0.253 e. The van der Waals surface area contributed by atoms with E-state index in [1.54, 1.807) is 0 Å². The Balaban J connectivity index is 2.06. The lowest BCUT2D eigenvalue weighted by atomic mass is 10.0. The second kappa shape index (κ2) is 4.31. The Kier molecular flexibility index (Phi) is 2.86. The predicted octanol–water partition coefficient (Wildman–Crippen LogP) is 1.72. The predicted molar refractivity (Wildman–Crippen MR) is 60.7 cm³/mol. The van der Waals surface area contributed by atoms with E-state index in [0.29, 0.717) is 6.54 Å². The number of imide groups is 1. The van der Waals surface area contributed by atoms with Crippen LogP contribution in [0, 0.1) is 0 Å². The normalized spacial score (nSPS) is 16.9. The summed E-state index contributed by atoms with van der Waals surface area (Å²) in [6.45, 7) is 2.45. The van der Waals surface area contributed by atoms with E-state index in [1.807, 2.05) is 37.3 Å². The molecule has 2 rings (SSSR count). The minimum atomic E-state index is -0.215. The van der Waals surface area contributed by atoms with Crippen molar-refractivity contribution in [1.29, 1.82) is 0 Å². The number of carbonyl (C=O) groups is 2. The van der Waals surface area contributed by atoms with Gasteiger partial charge in [0.2, 0.25) is 0 Å². The highest BCUT2D eigenvalue weighted by Crippen LogP contribution is 2.17. The first-order valence-corrected chi connectivity index (χ1v) is 5.27. The molecular weight excluding hydrogens is 202 g/mol. The highest BCUT2D eigenvalue weighted by molar-refractivity contribution is 6.12. The van der Waals surface area contributed by atoms with Gasteiger partial charge >= 0.3 is 0 Å². The Hall–Kier alpha value is -1.90. The molecule has 1 atom stereocenters. The number of hydrogen-bond acceptors (Lipinski definition) is 2. The Bertz CT molecular complexity index is 419. The van der Waals surface area contributed by atoms with Crippen LogP contribution < -0.4 is 0 Å². The molecule has 82 valence electrons. The molecule has 0 fully saturated rings. The summed E-state index contributed by atoms with van der Waals surface area (Å²) in [6.07, 6.45) is 2.64. The highest BCUT2D eigenvalue weighted by Gasteiger charge is 2.25. The van der Waals surface area contributed by atoms with Crippen LogP contribution in [-0.2, 0) is 9.59 Å². The highest BCUT2D eigenvalue weighted by atomic mass is 16.2. The molecule has 0 saturated heterocycles. The van der Waals surface area contributed by atoms with Crippen molar-refractivity contribution in [3.05, 3.63) is 48.0 Å². The molecule has 0 bridgehead atoms. The summed E-state index contributed by atoms with van der Waals surface area (Å²) in [4.78, 5) is 24.0. The van der Waals surface area contributed by atoms with E-state index in [-0.39, 0.29) is 17.7 Å². The molecule has 0 N–H and O–H groups in total. The Morgan fingerprint density at radius 2 is 1.62 bits per heavy atom. The zero-order chi connectivity index (χ0) is 11.5. The molecule has 0 aliphatic carbocycles. The Morgan fingerprint density at radius 3 is 2.19 bits per heavy atom. The third kappa shape index (κ3) is 2.03. The van der Waals surface area contributed by atoms with Crippen LogP contribution in [0.4, 0.5) is 0 Å². The molecule has 0 aromatic heterocycles. The second-order valence-corrected chi connectivity index (χ2v) is 3.93. The van der Waals surface area contributed by atoms with Gasteiger partial charge in [-0.05, 0) is 11.5 Å². The molecule has 1 aromatic carbocycles. The summed E-state index contributed by atoms with van der Waals surface area (Å²) in [7, 11) is 0. The number of nitrogens with zero attached hydrogens (tertiary/aromatic N) is 1. The first kappa shape index (κ1) is 10.6. The smallest absolute Gasteiger partial charge is 0.253 e. The summed E-state index contributed by atoms with van der Waals surface area (Å²) >= 11 is 0. The van der Waals surface area contributed by atoms with E-state index in [9.17, 15) is 9.59 Å². The van der Waals surface area contributed by atoms with Gasteiger partial charge in [0, 0.05) is 18.7 Å². The monoisotopic (exact) mass is 215 g/mol. The number of carbonyl (C=O) groups excluding carboxylic acids is 2. The van der Waals surface area contributed by atoms with Gasteiger partial charge in [-0.2, -0.15) is 0 Å². The fraction of sp³-hybridized carbons (Fsp3) is 0.231. The summed E-state index contributed by atoms with van der Waals surface area (Å²) in [6, 6.07) is 9.87. The first-order valence-electron chi connectivity index (χ1n) is 5.27. The van der Waals surface area contributed by atoms with Crippen LogP contribution >= 0.6 is 0 Å². The van der Waals surface area contributed by atoms with Gasteiger partial charge in [-0.3, -0.25) is 14.5 Å². The van der Waals surface area contributed by atoms with Crippen LogP contribution in [0.1, 0.15) is 18.4 Å². The standard InChI is InChI=1S/C13H13NO2/c1-10(11-5-3-2-4-6-11)9-14-12(15)7-8-13(14)16/h2-8,10H,9H2,1H3/t10-/m1/s1. The number of hydrogen-bond donors (Lipinski definition) is 0. The van der Waals surface area contributed by atoms with E-state index >= 15 is 0 Å². The fourth-order valence-electron chi connectivity index (χ4n) is 1.77. The molecule has 2 amide bonds. The third-order valence-electron chi connectivity index (χ3n) is 2.73. The van der Waals surface area contributed by atoms with Gasteiger partial charge in [0.15, 0.2) is 0 Å². The lowest BCUT2D eigenvalue weighted by Crippen LogP contribution is -2.33. The minimum absolute atomic E-state index is 0.161. The van der Waals surface area contributed by atoms with Crippen molar-refractivity contribution in [2.24, 2.45) is 0 Å². The van der Waals surface area contributed by atoms with Crippen molar-refractivity contribution in [3.63, 3.8) is 0 Å². The average molecular weight is 215 g/mol. The molecule has 16 heavy (non-hydrogen) atoms. The number of amides is 2. The van der Waals surface area contributed by atoms with Gasteiger partial charge in [0.25, 0.3) is 11.8 Å². The summed E-state index contributed by atoms with van der Waals surface area (Å²) in [5, 5.41) is 0. The van der Waals surface area contributed by atoms with E-state index in [4.69, 9.17) is 0 Å². The summed E-state index contributed by atoms with van der Waals surface area (Å²) in [5.74, 6) is -0.269. The van der Waals surface area contributed by atoms with Gasteiger partial charge in [0.05, 0.1) is 0 Å². The minimum Gasteiger partial charge on any atom is -0.275 e. The molecule has 0 radical (unpaired) electrons. The van der Waals surface area contributed by atoms with Crippen molar-refractivity contribution >= 4 is 11.8 Å². The summed E-state index contributed by atoms with van der Waals surface area (Å²) in [5.41, 5.74) is 1.13. The largest absolute Gasteiger partial charge is 0.275 e. The lowest BCUT2D eigenvalue weighted by molar-refractivity contribution is -0.137. The Morgan fingerprint density at radius 1 is 1.06 bits per heavy atom. The van der Waals surface area contributed by atoms with E-state index in [2.05, 4.69) is 0 Å². The molecule has 0 saturated carbocycles. The molecule has 0 unspecified atom stereocenters. The van der Waals surface area contributed by atoms with Crippen LogP contribution in [0.5, 0.6) is 0 Å². The topological polar surface area (TPSA) is 37.4 Å². The molecule has 1 aliphatic heterocycles. The van der Waals surface area contributed by atoms with Crippen molar-refractivity contribution in [2.75, 3.05) is 6.54 Å². The van der Waals surface area contributed by atoms with Crippen molar-refractivity contribution in [2.45, 2.75) is 12.8 Å². The second-order valence-electron chi connectivity index (χ2n) is 3.93. The lowest BCUT2D eigenvalue weighted by Gasteiger charge is -2.19. The van der Waals surface area contributed by atoms with Crippen LogP contribution in [0.15, 0.2) is 42.5 Å². The van der Waals surface area contributed by atoms with Crippen molar-refractivity contribution in [3.8, 4) is 0 Å². The van der Waals surface area contributed by atoms with Crippen LogP contribution in [0.2, 0.25) is 0 Å². The molecular formula is C13H13NO2. The maximum atomic E-state index is 11.4. The van der Waals surface area contributed by atoms with Crippen LogP contribution in [0.3, 0.4) is 0 Å².